The third-order valence-electron chi connectivity index (χ3n) is 4.06. The van der Waals surface area contributed by atoms with E-state index >= 15 is 0 Å². The Morgan fingerprint density at radius 1 is 1.07 bits per heavy atom. The number of Topliss-reactive ketones (excluding diaryl/α,β-unsaturated/α-hetero) is 1. The van der Waals surface area contributed by atoms with Crippen LogP contribution in [0.25, 0.3) is 11.3 Å². The van der Waals surface area contributed by atoms with E-state index in [2.05, 4.69) is 5.32 Å². The van der Waals surface area contributed by atoms with Gasteiger partial charge < -0.3 is 18.9 Å². The molecule has 0 spiro atoms. The molecule has 7 nitrogen and oxygen atoms in total. The molecule has 7 heteroatoms. The molecule has 0 saturated carbocycles. The second-order valence-corrected chi connectivity index (χ2v) is 6.18. The van der Waals surface area contributed by atoms with Crippen molar-refractivity contribution < 1.29 is 28.0 Å². The first kappa shape index (κ1) is 19.2. The van der Waals surface area contributed by atoms with Crippen molar-refractivity contribution in [1.29, 1.82) is 0 Å². The van der Waals surface area contributed by atoms with Crippen molar-refractivity contribution >= 4 is 17.7 Å². The fourth-order valence-corrected chi connectivity index (χ4v) is 2.57. The molecule has 2 aromatic heterocycles. The molecule has 0 saturated heterocycles. The van der Waals surface area contributed by atoms with E-state index in [1.165, 1.54) is 19.3 Å². The smallest absolute Gasteiger partial charge is 0.374 e. The Morgan fingerprint density at radius 3 is 2.46 bits per heavy atom. The van der Waals surface area contributed by atoms with Crippen LogP contribution in [0.15, 0.2) is 63.6 Å². The lowest BCUT2D eigenvalue weighted by Gasteiger charge is -2.11. The van der Waals surface area contributed by atoms with Crippen LogP contribution in [0.5, 0.6) is 0 Å². The summed E-state index contributed by atoms with van der Waals surface area (Å²) in [6, 6.07) is 13.0. The number of hydrogen-bond donors (Lipinski definition) is 1. The lowest BCUT2D eigenvalue weighted by molar-refractivity contribution is -0.125. The molecule has 0 aliphatic heterocycles. The fourth-order valence-electron chi connectivity index (χ4n) is 2.57. The van der Waals surface area contributed by atoms with Crippen molar-refractivity contribution in [3.63, 3.8) is 0 Å². The van der Waals surface area contributed by atoms with Crippen LogP contribution >= 0.6 is 0 Å². The molecule has 0 aliphatic rings. The van der Waals surface area contributed by atoms with Crippen LogP contribution in [0, 0.1) is 0 Å². The van der Waals surface area contributed by atoms with Gasteiger partial charge in [-0.25, -0.2) is 4.79 Å². The Balaban J connectivity index is 1.55. The summed E-state index contributed by atoms with van der Waals surface area (Å²) in [6.45, 7) is 2.81. The third-order valence-corrected chi connectivity index (χ3v) is 4.06. The van der Waals surface area contributed by atoms with E-state index in [9.17, 15) is 14.4 Å². The van der Waals surface area contributed by atoms with E-state index in [1.54, 1.807) is 49.4 Å². The van der Waals surface area contributed by atoms with Gasteiger partial charge in [-0.05, 0) is 38.1 Å². The van der Waals surface area contributed by atoms with Crippen molar-refractivity contribution in [2.45, 2.75) is 19.9 Å². The summed E-state index contributed by atoms with van der Waals surface area (Å²) in [5.74, 6) is -0.187. The zero-order valence-electron chi connectivity index (χ0n) is 15.4. The molecule has 3 rings (SSSR count). The molecule has 0 bridgehead atoms. The van der Waals surface area contributed by atoms with Crippen molar-refractivity contribution in [3.8, 4) is 11.3 Å². The normalized spacial score (nSPS) is 11.6. The highest BCUT2D eigenvalue weighted by molar-refractivity contribution is 5.94. The highest BCUT2D eigenvalue weighted by Crippen LogP contribution is 2.23. The van der Waals surface area contributed by atoms with Gasteiger partial charge >= 0.3 is 5.97 Å². The zero-order valence-corrected chi connectivity index (χ0v) is 15.4. The number of carbonyl (C=O) groups excluding carboxylic acids is 3. The summed E-state index contributed by atoms with van der Waals surface area (Å²) in [5.41, 5.74) is 1.30. The SMILES string of the molecule is CC(=O)c1ccc(-c2ccc(C(=O)OCC(=O)NC(C)c3ccco3)o2)cc1. The maximum atomic E-state index is 12.1. The number of rotatable bonds is 7. The lowest BCUT2D eigenvalue weighted by atomic mass is 10.1. The Hall–Kier alpha value is -3.61. The number of esters is 1. The van der Waals surface area contributed by atoms with Gasteiger partial charge in [-0.3, -0.25) is 9.59 Å². The Labute approximate surface area is 161 Å². The molecule has 0 aliphatic carbocycles. The van der Waals surface area contributed by atoms with E-state index < -0.39 is 18.5 Å². The predicted octanol–water partition coefficient (Wildman–Crippen LogP) is 3.78. The van der Waals surface area contributed by atoms with Gasteiger partial charge in [0.05, 0.1) is 12.3 Å². The molecular weight excluding hydrogens is 362 g/mol. The van der Waals surface area contributed by atoms with Gasteiger partial charge in [0.25, 0.3) is 5.91 Å². The van der Waals surface area contributed by atoms with Crippen LogP contribution in [-0.2, 0) is 9.53 Å². The summed E-state index contributed by atoms with van der Waals surface area (Å²) in [6.07, 6.45) is 1.51. The van der Waals surface area contributed by atoms with Crippen molar-refractivity contribution in [3.05, 3.63) is 71.9 Å². The maximum absolute atomic E-state index is 12.1. The molecule has 2 heterocycles. The molecule has 1 atom stereocenters. The largest absolute Gasteiger partial charge is 0.467 e. The third kappa shape index (κ3) is 4.56. The molecule has 144 valence electrons. The average Bonchev–Trinajstić information content (AvgIpc) is 3.38. The summed E-state index contributed by atoms with van der Waals surface area (Å²) in [7, 11) is 0. The van der Waals surface area contributed by atoms with Crippen LogP contribution in [0.1, 0.15) is 46.6 Å². The first-order valence-corrected chi connectivity index (χ1v) is 8.65. The maximum Gasteiger partial charge on any atom is 0.374 e. The van der Waals surface area contributed by atoms with E-state index in [0.717, 1.165) is 0 Å². The van der Waals surface area contributed by atoms with Crippen LogP contribution in [-0.4, -0.2) is 24.3 Å². The molecule has 28 heavy (non-hydrogen) atoms. The van der Waals surface area contributed by atoms with Gasteiger partial charge in [0, 0.05) is 11.1 Å². The quantitative estimate of drug-likeness (QED) is 0.494. The summed E-state index contributed by atoms with van der Waals surface area (Å²) >= 11 is 0. The molecule has 1 N–H and O–H groups in total. The zero-order chi connectivity index (χ0) is 20.1. The highest BCUT2D eigenvalue weighted by atomic mass is 16.5. The standard InChI is InChI=1S/C21H19NO6/c1-13(17-4-3-11-26-17)22-20(24)12-27-21(25)19-10-9-18(28-19)16-7-5-15(6-8-16)14(2)23/h3-11,13H,12H2,1-2H3,(H,22,24). The van der Waals surface area contributed by atoms with Crippen LogP contribution < -0.4 is 5.32 Å². The van der Waals surface area contributed by atoms with Crippen LogP contribution in [0.3, 0.4) is 0 Å². The van der Waals surface area contributed by atoms with E-state index in [1.807, 2.05) is 0 Å². The number of hydrogen-bond acceptors (Lipinski definition) is 6. The molecule has 1 aromatic carbocycles. The topological polar surface area (TPSA) is 98.8 Å². The van der Waals surface area contributed by atoms with Gasteiger partial charge in [-0.2, -0.15) is 0 Å². The number of ketones is 1. The molecule has 1 unspecified atom stereocenters. The van der Waals surface area contributed by atoms with E-state index in [0.29, 0.717) is 22.6 Å². The minimum absolute atomic E-state index is 0.0162. The number of ether oxygens (including phenoxy) is 1. The summed E-state index contributed by atoms with van der Waals surface area (Å²) < 4.78 is 15.7. The highest BCUT2D eigenvalue weighted by Gasteiger charge is 2.17. The van der Waals surface area contributed by atoms with Gasteiger partial charge in [0.15, 0.2) is 12.4 Å². The van der Waals surface area contributed by atoms with E-state index in [-0.39, 0.29) is 17.6 Å². The molecule has 0 fully saturated rings. The number of nitrogens with one attached hydrogen (secondary N) is 1. The second kappa shape index (κ2) is 8.39. The van der Waals surface area contributed by atoms with Gasteiger partial charge in [0.1, 0.15) is 11.5 Å². The number of benzene rings is 1. The van der Waals surface area contributed by atoms with Crippen molar-refractivity contribution in [2.24, 2.45) is 0 Å². The number of amides is 1. The van der Waals surface area contributed by atoms with Crippen LogP contribution in [0.2, 0.25) is 0 Å². The summed E-state index contributed by atoms with van der Waals surface area (Å²) in [5, 5.41) is 2.67. The molecule has 0 radical (unpaired) electrons. The minimum atomic E-state index is -0.743. The monoisotopic (exact) mass is 381 g/mol. The Morgan fingerprint density at radius 2 is 1.82 bits per heavy atom. The molecule has 3 aromatic rings. The Bertz CT molecular complexity index is 969. The Kier molecular flexibility index (Phi) is 5.74. The van der Waals surface area contributed by atoms with Crippen molar-refractivity contribution in [1.82, 2.24) is 5.32 Å². The predicted molar refractivity (Wildman–Crippen MR) is 99.7 cm³/mol. The number of furan rings is 2. The van der Waals surface area contributed by atoms with E-state index in [4.69, 9.17) is 13.6 Å². The lowest BCUT2D eigenvalue weighted by Crippen LogP contribution is -2.30. The van der Waals surface area contributed by atoms with Gasteiger partial charge in [-0.1, -0.05) is 24.3 Å². The minimum Gasteiger partial charge on any atom is -0.467 e. The second-order valence-electron chi connectivity index (χ2n) is 6.18. The first-order valence-electron chi connectivity index (χ1n) is 8.65. The van der Waals surface area contributed by atoms with Gasteiger partial charge in [0.2, 0.25) is 5.76 Å². The summed E-state index contributed by atoms with van der Waals surface area (Å²) in [4.78, 5) is 35.3. The molecule has 1 amide bonds. The number of carbonyl (C=O) groups is 3. The van der Waals surface area contributed by atoms with Gasteiger partial charge in [-0.15, -0.1) is 0 Å². The van der Waals surface area contributed by atoms with Crippen LogP contribution in [0.4, 0.5) is 0 Å². The first-order chi connectivity index (χ1) is 13.4. The fraction of sp³-hybridized carbons (Fsp3) is 0.190. The average molecular weight is 381 g/mol. The molecular formula is C21H19NO6. The van der Waals surface area contributed by atoms with Crippen molar-refractivity contribution in [2.75, 3.05) is 6.61 Å².